The summed E-state index contributed by atoms with van der Waals surface area (Å²) in [7, 11) is -3.69. The lowest BCUT2D eigenvalue weighted by Crippen LogP contribution is -2.50. The predicted octanol–water partition coefficient (Wildman–Crippen LogP) is 2.67. The second-order valence-corrected chi connectivity index (χ2v) is 9.07. The molecule has 2 aromatic carbocycles. The fraction of sp³-hybridized carbons (Fsp3) is 0.350. The van der Waals surface area contributed by atoms with E-state index in [0.717, 1.165) is 5.56 Å². The maximum absolute atomic E-state index is 13.2. The second kappa shape index (κ2) is 7.92. The number of sulfonamides is 1. The molecule has 0 spiro atoms. The molecule has 9 heteroatoms. The Labute approximate surface area is 169 Å². The highest BCUT2D eigenvalue weighted by atomic mass is 32.2. The van der Waals surface area contributed by atoms with E-state index in [1.807, 2.05) is 19.1 Å². The van der Waals surface area contributed by atoms with Crippen LogP contribution in [0.2, 0.25) is 0 Å². The van der Waals surface area contributed by atoms with Crippen molar-refractivity contribution < 1.29 is 18.1 Å². The summed E-state index contributed by atoms with van der Waals surface area (Å²) in [5, 5.41) is 11.2. The van der Waals surface area contributed by atoms with Crippen molar-refractivity contribution in [2.24, 2.45) is 0 Å². The van der Waals surface area contributed by atoms with Crippen LogP contribution in [0.25, 0.3) is 0 Å². The van der Waals surface area contributed by atoms with E-state index in [9.17, 15) is 23.3 Å². The number of hydrogen-bond donors (Lipinski definition) is 0. The zero-order chi connectivity index (χ0) is 21.3. The number of carbonyl (C=O) groups excluding carboxylic acids is 1. The van der Waals surface area contributed by atoms with Gasteiger partial charge in [0.05, 0.1) is 9.82 Å². The van der Waals surface area contributed by atoms with Gasteiger partial charge in [0, 0.05) is 32.2 Å². The lowest BCUT2D eigenvalue weighted by atomic mass is 10.1. The smallest absolute Gasteiger partial charge is 0.282 e. The van der Waals surface area contributed by atoms with Gasteiger partial charge in [0.25, 0.3) is 11.6 Å². The first-order valence-electron chi connectivity index (χ1n) is 9.23. The quantitative estimate of drug-likeness (QED) is 0.562. The van der Waals surface area contributed by atoms with Gasteiger partial charge >= 0.3 is 0 Å². The highest BCUT2D eigenvalue weighted by molar-refractivity contribution is 7.89. The zero-order valence-electron chi connectivity index (χ0n) is 16.6. The molecule has 1 aliphatic heterocycles. The number of carbonyl (C=O) groups is 1. The molecule has 2 aromatic rings. The Kier molecular flexibility index (Phi) is 5.72. The fourth-order valence-corrected chi connectivity index (χ4v) is 5.65. The molecule has 0 unspecified atom stereocenters. The van der Waals surface area contributed by atoms with E-state index in [4.69, 9.17) is 0 Å². The third kappa shape index (κ3) is 4.01. The lowest BCUT2D eigenvalue weighted by Gasteiger charge is -2.34. The van der Waals surface area contributed by atoms with Crippen molar-refractivity contribution in [1.82, 2.24) is 9.21 Å². The van der Waals surface area contributed by atoms with E-state index in [2.05, 4.69) is 0 Å². The molecule has 29 heavy (non-hydrogen) atoms. The Morgan fingerprint density at radius 3 is 2.10 bits per heavy atom. The number of hydrogen-bond acceptors (Lipinski definition) is 5. The lowest BCUT2D eigenvalue weighted by molar-refractivity contribution is -0.385. The second-order valence-electron chi connectivity index (χ2n) is 7.20. The fourth-order valence-electron chi connectivity index (χ4n) is 3.82. The van der Waals surface area contributed by atoms with Crippen molar-refractivity contribution in [3.63, 3.8) is 0 Å². The molecular formula is C20H23N3O5S. The molecule has 0 saturated carbocycles. The third-order valence-electron chi connectivity index (χ3n) is 5.06. The largest absolute Gasteiger partial charge is 0.336 e. The Balaban J connectivity index is 1.79. The highest BCUT2D eigenvalue weighted by Crippen LogP contribution is 2.27. The van der Waals surface area contributed by atoms with E-state index >= 15 is 0 Å². The average molecular weight is 417 g/mol. The first-order chi connectivity index (χ1) is 13.6. The molecule has 0 aliphatic carbocycles. The molecule has 1 amide bonds. The Morgan fingerprint density at radius 2 is 1.55 bits per heavy atom. The van der Waals surface area contributed by atoms with Crippen molar-refractivity contribution in [3.05, 3.63) is 68.8 Å². The van der Waals surface area contributed by atoms with Crippen LogP contribution >= 0.6 is 0 Å². The minimum absolute atomic E-state index is 0.0130. The van der Waals surface area contributed by atoms with Crippen LogP contribution in [0.3, 0.4) is 0 Å². The van der Waals surface area contributed by atoms with Crippen LogP contribution in [-0.2, 0) is 10.0 Å². The average Bonchev–Trinajstić information content (AvgIpc) is 2.66. The van der Waals surface area contributed by atoms with Crippen LogP contribution in [-0.4, -0.2) is 54.6 Å². The summed E-state index contributed by atoms with van der Waals surface area (Å²) in [5.41, 5.74) is 2.15. The van der Waals surface area contributed by atoms with Gasteiger partial charge in [-0.25, -0.2) is 8.42 Å². The maximum atomic E-state index is 13.2. The van der Waals surface area contributed by atoms with Crippen LogP contribution in [0.15, 0.2) is 41.3 Å². The summed E-state index contributed by atoms with van der Waals surface area (Å²) in [5.74, 6) is -0.461. The molecule has 1 fully saturated rings. The number of aryl methyl sites for hydroxylation is 3. The first kappa shape index (κ1) is 20.9. The predicted molar refractivity (Wildman–Crippen MR) is 108 cm³/mol. The molecule has 0 aromatic heterocycles. The molecule has 0 N–H and O–H groups in total. The van der Waals surface area contributed by atoms with Gasteiger partial charge in [-0.1, -0.05) is 29.8 Å². The van der Waals surface area contributed by atoms with Gasteiger partial charge < -0.3 is 4.90 Å². The number of nitro groups is 1. The number of piperazine rings is 1. The Hall–Kier alpha value is -2.78. The van der Waals surface area contributed by atoms with E-state index < -0.39 is 20.9 Å². The Morgan fingerprint density at radius 1 is 1.00 bits per heavy atom. The summed E-state index contributed by atoms with van der Waals surface area (Å²) in [6, 6.07) is 9.47. The maximum Gasteiger partial charge on any atom is 0.282 e. The summed E-state index contributed by atoms with van der Waals surface area (Å²) >= 11 is 0. The molecule has 8 nitrogen and oxygen atoms in total. The number of nitrogens with zero attached hydrogens (tertiary/aromatic N) is 3. The summed E-state index contributed by atoms with van der Waals surface area (Å²) in [6.45, 7) is 6.11. The number of rotatable bonds is 4. The van der Waals surface area contributed by atoms with E-state index in [-0.39, 0.29) is 37.4 Å². The molecule has 154 valence electrons. The zero-order valence-corrected chi connectivity index (χ0v) is 17.4. The molecule has 0 atom stereocenters. The van der Waals surface area contributed by atoms with Crippen LogP contribution in [0, 0.1) is 30.9 Å². The number of amides is 1. The number of nitro benzene ring substituents is 1. The summed E-state index contributed by atoms with van der Waals surface area (Å²) < 4.78 is 27.7. The van der Waals surface area contributed by atoms with Gasteiger partial charge in [-0.3, -0.25) is 14.9 Å². The van der Waals surface area contributed by atoms with Gasteiger partial charge in [-0.2, -0.15) is 4.31 Å². The monoisotopic (exact) mass is 417 g/mol. The molecule has 1 aliphatic rings. The molecule has 0 bridgehead atoms. The van der Waals surface area contributed by atoms with Gasteiger partial charge in [0.1, 0.15) is 5.56 Å². The molecule has 1 heterocycles. The van der Waals surface area contributed by atoms with Gasteiger partial charge in [-0.15, -0.1) is 0 Å². The standard InChI is InChI=1S/C20H23N3O5S/c1-14-12-15(2)19(16(3)13-14)29(27,28)22-10-8-21(9-11-22)20(24)17-6-4-5-7-18(17)23(25)26/h4-7,12-13H,8-11H2,1-3H3. The van der Waals surface area contributed by atoms with Crippen molar-refractivity contribution in [2.45, 2.75) is 25.7 Å². The van der Waals surface area contributed by atoms with E-state index in [1.165, 1.54) is 27.4 Å². The van der Waals surface area contributed by atoms with Crippen molar-refractivity contribution in [1.29, 1.82) is 0 Å². The van der Waals surface area contributed by atoms with Gasteiger partial charge in [0.15, 0.2) is 0 Å². The van der Waals surface area contributed by atoms with Crippen molar-refractivity contribution >= 4 is 21.6 Å². The van der Waals surface area contributed by atoms with Crippen LogP contribution < -0.4 is 0 Å². The van der Waals surface area contributed by atoms with Crippen LogP contribution in [0.5, 0.6) is 0 Å². The van der Waals surface area contributed by atoms with Gasteiger partial charge in [-0.05, 0) is 38.0 Å². The van der Waals surface area contributed by atoms with Crippen molar-refractivity contribution in [3.8, 4) is 0 Å². The minimum Gasteiger partial charge on any atom is -0.336 e. The molecule has 0 radical (unpaired) electrons. The summed E-state index contributed by atoms with van der Waals surface area (Å²) in [4.78, 5) is 25.1. The normalized spacial score (nSPS) is 15.3. The van der Waals surface area contributed by atoms with Crippen LogP contribution in [0.4, 0.5) is 5.69 Å². The van der Waals surface area contributed by atoms with Crippen LogP contribution in [0.1, 0.15) is 27.0 Å². The topological polar surface area (TPSA) is 101 Å². The minimum atomic E-state index is -3.69. The number of benzene rings is 2. The van der Waals surface area contributed by atoms with E-state index in [0.29, 0.717) is 16.0 Å². The highest BCUT2D eigenvalue weighted by Gasteiger charge is 2.33. The Bertz CT molecular complexity index is 1050. The third-order valence-corrected chi connectivity index (χ3v) is 7.26. The van der Waals surface area contributed by atoms with E-state index in [1.54, 1.807) is 19.9 Å². The first-order valence-corrected chi connectivity index (χ1v) is 10.7. The molecule has 1 saturated heterocycles. The number of para-hydroxylation sites is 1. The van der Waals surface area contributed by atoms with Gasteiger partial charge in [0.2, 0.25) is 10.0 Å². The molecule has 3 rings (SSSR count). The summed E-state index contributed by atoms with van der Waals surface area (Å²) in [6.07, 6.45) is 0. The SMILES string of the molecule is Cc1cc(C)c(S(=O)(=O)N2CCN(C(=O)c3ccccc3[N+](=O)[O-])CC2)c(C)c1. The molecular weight excluding hydrogens is 394 g/mol. The van der Waals surface area contributed by atoms with Crippen molar-refractivity contribution in [2.75, 3.05) is 26.2 Å².